The van der Waals surface area contributed by atoms with E-state index in [0.717, 1.165) is 11.1 Å². The van der Waals surface area contributed by atoms with Crippen molar-refractivity contribution in [3.05, 3.63) is 65.7 Å². The van der Waals surface area contributed by atoms with Crippen molar-refractivity contribution in [1.29, 1.82) is 0 Å². The van der Waals surface area contributed by atoms with Gasteiger partial charge < -0.3 is 5.11 Å². The molecule has 0 spiro atoms. The van der Waals surface area contributed by atoms with Crippen LogP contribution >= 0.6 is 0 Å². The van der Waals surface area contributed by atoms with Crippen LogP contribution in [0.3, 0.4) is 0 Å². The molecule has 3 atom stereocenters. The number of sulfone groups is 1. The molecule has 0 aliphatic heterocycles. The van der Waals surface area contributed by atoms with Crippen molar-refractivity contribution in [2.75, 3.05) is 6.61 Å². The van der Waals surface area contributed by atoms with Gasteiger partial charge in [-0.25, -0.2) is 8.42 Å². The number of aliphatic hydroxyl groups excluding tert-OH is 1. The van der Waals surface area contributed by atoms with Gasteiger partial charge >= 0.3 is 0 Å². The van der Waals surface area contributed by atoms with Gasteiger partial charge in [-0.3, -0.25) is 0 Å². The molecule has 0 aromatic heterocycles. The first-order valence-corrected chi connectivity index (χ1v) is 8.56. The van der Waals surface area contributed by atoms with Crippen LogP contribution in [0.2, 0.25) is 0 Å². The first-order valence-electron chi connectivity index (χ1n) is 7.02. The quantitative estimate of drug-likeness (QED) is 0.944. The van der Waals surface area contributed by atoms with E-state index >= 15 is 0 Å². The van der Waals surface area contributed by atoms with Gasteiger partial charge in [0, 0.05) is 18.4 Å². The summed E-state index contributed by atoms with van der Waals surface area (Å²) in [6.45, 7) is 1.90. The lowest BCUT2D eigenvalue weighted by atomic mass is 10.1. The van der Waals surface area contributed by atoms with Crippen LogP contribution in [0.15, 0.2) is 59.5 Å². The second-order valence-corrected chi connectivity index (χ2v) is 7.71. The summed E-state index contributed by atoms with van der Waals surface area (Å²) in [4.78, 5) is 0.336. The third-order valence-electron chi connectivity index (χ3n) is 4.20. The third-order valence-corrected chi connectivity index (χ3v) is 6.49. The maximum atomic E-state index is 12.7. The fourth-order valence-corrected chi connectivity index (χ4v) is 5.20. The van der Waals surface area contributed by atoms with Crippen molar-refractivity contribution in [3.63, 3.8) is 0 Å². The Morgan fingerprint density at radius 1 is 1.00 bits per heavy atom. The lowest BCUT2D eigenvalue weighted by Crippen LogP contribution is -2.11. The predicted octanol–water partition coefficient (Wildman–Crippen LogP) is 2.54. The van der Waals surface area contributed by atoms with Crippen LogP contribution in [-0.4, -0.2) is 25.4 Å². The molecule has 1 fully saturated rings. The fourth-order valence-electron chi connectivity index (χ4n) is 2.98. The van der Waals surface area contributed by atoms with Crippen LogP contribution < -0.4 is 0 Å². The standard InChI is InChI=1S/C17H18O3S/c1-12-7-9-13(10-8-12)16-15(11-18)17(16)21(19,20)14-5-3-2-4-6-14/h2-10,15-18H,11H2,1H3/t15-,16+,17+/m1/s1. The van der Waals surface area contributed by atoms with Gasteiger partial charge in [-0.2, -0.15) is 0 Å². The zero-order valence-electron chi connectivity index (χ0n) is 11.8. The molecule has 110 valence electrons. The number of hydrogen-bond acceptors (Lipinski definition) is 3. The molecule has 21 heavy (non-hydrogen) atoms. The minimum absolute atomic E-state index is 0.102. The second kappa shape index (κ2) is 5.28. The van der Waals surface area contributed by atoms with Crippen molar-refractivity contribution in [2.45, 2.75) is 23.0 Å². The Kier molecular flexibility index (Phi) is 3.59. The van der Waals surface area contributed by atoms with E-state index < -0.39 is 15.1 Å². The third kappa shape index (κ3) is 2.49. The van der Waals surface area contributed by atoms with Crippen molar-refractivity contribution in [2.24, 2.45) is 5.92 Å². The van der Waals surface area contributed by atoms with E-state index in [-0.39, 0.29) is 18.4 Å². The van der Waals surface area contributed by atoms with Crippen LogP contribution in [0.1, 0.15) is 17.0 Å². The number of aryl methyl sites for hydroxylation is 1. The van der Waals surface area contributed by atoms with Crippen LogP contribution in [-0.2, 0) is 9.84 Å². The average molecular weight is 302 g/mol. The van der Waals surface area contributed by atoms with Crippen molar-refractivity contribution < 1.29 is 13.5 Å². The van der Waals surface area contributed by atoms with Gasteiger partial charge in [-0.15, -0.1) is 0 Å². The molecule has 1 aliphatic rings. The molecule has 2 aromatic rings. The maximum Gasteiger partial charge on any atom is 0.182 e. The summed E-state index contributed by atoms with van der Waals surface area (Å²) >= 11 is 0. The number of hydrogen-bond donors (Lipinski definition) is 1. The number of rotatable bonds is 4. The van der Waals surface area contributed by atoms with Gasteiger partial charge in [0.25, 0.3) is 0 Å². The van der Waals surface area contributed by atoms with Crippen LogP contribution in [0.5, 0.6) is 0 Å². The molecule has 0 amide bonds. The summed E-state index contributed by atoms with van der Waals surface area (Å²) in [5.41, 5.74) is 2.13. The highest BCUT2D eigenvalue weighted by Gasteiger charge is 2.58. The summed E-state index contributed by atoms with van der Waals surface area (Å²) in [5, 5.41) is 8.99. The lowest BCUT2D eigenvalue weighted by molar-refractivity contribution is 0.274. The van der Waals surface area contributed by atoms with Crippen LogP contribution in [0.25, 0.3) is 0 Å². The van der Waals surface area contributed by atoms with E-state index in [4.69, 9.17) is 0 Å². The molecule has 0 radical (unpaired) electrons. The molecule has 1 saturated carbocycles. The van der Waals surface area contributed by atoms with Crippen LogP contribution in [0, 0.1) is 12.8 Å². The monoisotopic (exact) mass is 302 g/mol. The first-order chi connectivity index (χ1) is 10.1. The van der Waals surface area contributed by atoms with Gasteiger partial charge in [0.05, 0.1) is 10.1 Å². The number of aliphatic hydroxyl groups is 1. The Morgan fingerprint density at radius 3 is 2.19 bits per heavy atom. The molecule has 1 aliphatic carbocycles. The summed E-state index contributed by atoms with van der Waals surface area (Å²) in [6.07, 6.45) is 0. The van der Waals surface area contributed by atoms with Gasteiger partial charge in [0.15, 0.2) is 9.84 Å². The topological polar surface area (TPSA) is 54.4 Å². The largest absolute Gasteiger partial charge is 0.396 e. The highest BCUT2D eigenvalue weighted by atomic mass is 32.2. The molecule has 2 aromatic carbocycles. The molecule has 0 bridgehead atoms. The molecule has 3 nitrogen and oxygen atoms in total. The summed E-state index contributed by atoms with van der Waals surface area (Å²) in [6, 6.07) is 16.4. The van der Waals surface area contributed by atoms with E-state index in [0.29, 0.717) is 4.90 Å². The minimum Gasteiger partial charge on any atom is -0.396 e. The van der Waals surface area contributed by atoms with Gasteiger partial charge in [0.2, 0.25) is 0 Å². The molecule has 0 saturated heterocycles. The Labute approximate surface area is 125 Å². The Morgan fingerprint density at radius 2 is 1.62 bits per heavy atom. The Bertz CT molecular complexity index is 720. The zero-order chi connectivity index (χ0) is 15.0. The summed E-state index contributed by atoms with van der Waals surface area (Å²) < 4.78 is 25.4. The van der Waals surface area contributed by atoms with E-state index in [1.165, 1.54) is 0 Å². The molecular formula is C17H18O3S. The number of benzene rings is 2. The van der Waals surface area contributed by atoms with Gasteiger partial charge in [-0.05, 0) is 24.6 Å². The Hall–Kier alpha value is -1.65. The second-order valence-electron chi connectivity index (χ2n) is 5.61. The van der Waals surface area contributed by atoms with E-state index in [9.17, 15) is 13.5 Å². The van der Waals surface area contributed by atoms with Crippen molar-refractivity contribution in [3.8, 4) is 0 Å². The fraction of sp³-hybridized carbons (Fsp3) is 0.294. The highest BCUT2D eigenvalue weighted by Crippen LogP contribution is 2.53. The summed E-state index contributed by atoms with van der Waals surface area (Å²) in [5.74, 6) is -0.321. The first kappa shape index (κ1) is 14.3. The van der Waals surface area contributed by atoms with Crippen LogP contribution in [0.4, 0.5) is 0 Å². The van der Waals surface area contributed by atoms with Gasteiger partial charge in [-0.1, -0.05) is 48.0 Å². The minimum atomic E-state index is -3.39. The average Bonchev–Trinajstić information content (AvgIpc) is 3.24. The molecule has 0 heterocycles. The molecule has 0 unspecified atom stereocenters. The van der Waals surface area contributed by atoms with E-state index in [1.807, 2.05) is 31.2 Å². The highest BCUT2D eigenvalue weighted by molar-refractivity contribution is 7.92. The van der Waals surface area contributed by atoms with Crippen molar-refractivity contribution in [1.82, 2.24) is 0 Å². The Balaban J connectivity index is 1.94. The zero-order valence-corrected chi connectivity index (χ0v) is 12.6. The van der Waals surface area contributed by atoms with E-state index in [2.05, 4.69) is 0 Å². The lowest BCUT2D eigenvalue weighted by Gasteiger charge is -2.04. The van der Waals surface area contributed by atoms with Crippen molar-refractivity contribution >= 4 is 9.84 Å². The molecular weight excluding hydrogens is 284 g/mol. The van der Waals surface area contributed by atoms with Gasteiger partial charge in [0.1, 0.15) is 0 Å². The van der Waals surface area contributed by atoms with E-state index in [1.54, 1.807) is 30.3 Å². The normalized spacial score (nSPS) is 24.8. The SMILES string of the molecule is Cc1ccc([C@H]2[C@@H](CO)[C@@H]2S(=O)(=O)c2ccccc2)cc1. The predicted molar refractivity (Wildman–Crippen MR) is 81.9 cm³/mol. The summed E-state index contributed by atoms with van der Waals surface area (Å²) in [7, 11) is -3.39. The maximum absolute atomic E-state index is 12.7. The molecule has 4 heteroatoms. The smallest absolute Gasteiger partial charge is 0.182 e. The molecule has 3 rings (SSSR count). The molecule has 1 N–H and O–H groups in total.